The van der Waals surface area contributed by atoms with Crippen molar-refractivity contribution in [3.63, 3.8) is 0 Å². The van der Waals surface area contributed by atoms with E-state index in [0.29, 0.717) is 5.92 Å². The van der Waals surface area contributed by atoms with E-state index >= 15 is 0 Å². The number of hydrogen-bond acceptors (Lipinski definition) is 1. The number of carbonyl (C=O) groups is 1. The third kappa shape index (κ3) is 4.15. The molecule has 0 radical (unpaired) electrons. The van der Waals surface area contributed by atoms with Gasteiger partial charge in [0.2, 0.25) is 5.91 Å². The maximum Gasteiger partial charge on any atom is 0.219 e. The SMILES string of the molecule is CC.CC(=O)N(CCC(C)C)C1(C)CCC1. The quantitative estimate of drug-likeness (QED) is 0.714. The van der Waals surface area contributed by atoms with E-state index in [1.165, 1.54) is 19.3 Å². The molecule has 1 rings (SSSR count). The topological polar surface area (TPSA) is 20.3 Å². The van der Waals surface area contributed by atoms with Gasteiger partial charge in [-0.1, -0.05) is 27.7 Å². The zero-order valence-corrected chi connectivity index (χ0v) is 12.0. The van der Waals surface area contributed by atoms with E-state index in [0.717, 1.165) is 13.0 Å². The first-order valence-corrected chi connectivity index (χ1v) is 6.74. The molecule has 0 aromatic heterocycles. The lowest BCUT2D eigenvalue weighted by atomic mass is 9.76. The molecule has 0 aromatic carbocycles. The smallest absolute Gasteiger partial charge is 0.219 e. The Labute approximate surface area is 101 Å². The average molecular weight is 227 g/mol. The summed E-state index contributed by atoms with van der Waals surface area (Å²) in [6.07, 6.45) is 4.77. The Morgan fingerprint density at radius 2 is 1.81 bits per heavy atom. The minimum atomic E-state index is 0.181. The monoisotopic (exact) mass is 227 g/mol. The Balaban J connectivity index is 0.00000106. The highest BCUT2D eigenvalue weighted by molar-refractivity contribution is 5.74. The Kier molecular flexibility index (Phi) is 6.70. The molecule has 96 valence electrons. The van der Waals surface area contributed by atoms with Crippen molar-refractivity contribution in [1.29, 1.82) is 0 Å². The van der Waals surface area contributed by atoms with Gasteiger partial charge in [0.1, 0.15) is 0 Å². The lowest BCUT2D eigenvalue weighted by molar-refractivity contribution is -0.138. The number of carbonyl (C=O) groups excluding carboxylic acids is 1. The maximum absolute atomic E-state index is 11.5. The predicted molar refractivity (Wildman–Crippen MR) is 70.4 cm³/mol. The van der Waals surface area contributed by atoms with Crippen LogP contribution < -0.4 is 0 Å². The van der Waals surface area contributed by atoms with Crippen molar-refractivity contribution < 1.29 is 4.79 Å². The second kappa shape index (κ2) is 6.93. The van der Waals surface area contributed by atoms with Crippen molar-refractivity contribution in [2.24, 2.45) is 5.92 Å². The van der Waals surface area contributed by atoms with Gasteiger partial charge < -0.3 is 4.90 Å². The molecule has 1 aliphatic rings. The lowest BCUT2D eigenvalue weighted by Crippen LogP contribution is -2.53. The Bertz CT molecular complexity index is 207. The fourth-order valence-electron chi connectivity index (χ4n) is 2.15. The van der Waals surface area contributed by atoms with Crippen LogP contribution in [0.25, 0.3) is 0 Å². The normalized spacial score (nSPS) is 17.2. The number of hydrogen-bond donors (Lipinski definition) is 0. The van der Waals surface area contributed by atoms with Gasteiger partial charge in [-0.3, -0.25) is 4.79 Å². The predicted octanol–water partition coefficient (Wildman–Crippen LogP) is 3.85. The third-order valence-corrected chi connectivity index (χ3v) is 3.39. The summed E-state index contributed by atoms with van der Waals surface area (Å²) in [5.74, 6) is 0.924. The van der Waals surface area contributed by atoms with Crippen LogP contribution in [0.3, 0.4) is 0 Å². The second-order valence-corrected chi connectivity index (χ2v) is 5.20. The Morgan fingerprint density at radius 1 is 1.31 bits per heavy atom. The minimum absolute atomic E-state index is 0.181. The molecule has 1 saturated carbocycles. The fourth-order valence-corrected chi connectivity index (χ4v) is 2.15. The van der Waals surface area contributed by atoms with Crippen LogP contribution in [0.1, 0.15) is 67.2 Å². The highest BCUT2D eigenvalue weighted by atomic mass is 16.2. The number of rotatable bonds is 4. The second-order valence-electron chi connectivity index (χ2n) is 5.20. The Hall–Kier alpha value is -0.530. The summed E-state index contributed by atoms with van der Waals surface area (Å²) in [6, 6.07) is 0. The highest BCUT2D eigenvalue weighted by Gasteiger charge is 2.38. The molecule has 1 amide bonds. The van der Waals surface area contributed by atoms with Gasteiger partial charge in [-0.2, -0.15) is 0 Å². The van der Waals surface area contributed by atoms with Gasteiger partial charge in [-0.05, 0) is 38.5 Å². The van der Waals surface area contributed by atoms with E-state index in [9.17, 15) is 4.79 Å². The van der Waals surface area contributed by atoms with Gasteiger partial charge in [0.05, 0.1) is 0 Å². The van der Waals surface area contributed by atoms with Gasteiger partial charge in [0.25, 0.3) is 0 Å². The van der Waals surface area contributed by atoms with Gasteiger partial charge in [0, 0.05) is 19.0 Å². The van der Waals surface area contributed by atoms with E-state index in [4.69, 9.17) is 0 Å². The van der Waals surface area contributed by atoms with Crippen LogP contribution in [0.15, 0.2) is 0 Å². The van der Waals surface area contributed by atoms with E-state index in [1.807, 2.05) is 13.8 Å². The lowest BCUT2D eigenvalue weighted by Gasteiger charge is -2.48. The highest BCUT2D eigenvalue weighted by Crippen LogP contribution is 2.37. The average Bonchev–Trinajstić information content (AvgIpc) is 2.17. The van der Waals surface area contributed by atoms with Gasteiger partial charge in [0.15, 0.2) is 0 Å². The standard InChI is InChI=1S/C12H23NO.C2H6/c1-10(2)6-9-13(11(3)14)12(4)7-5-8-12;1-2/h10H,5-9H2,1-4H3;1-2H3. The van der Waals surface area contributed by atoms with E-state index in [2.05, 4.69) is 25.7 Å². The minimum Gasteiger partial charge on any atom is -0.338 e. The first-order valence-electron chi connectivity index (χ1n) is 6.74. The molecule has 1 aliphatic carbocycles. The van der Waals surface area contributed by atoms with Crippen molar-refractivity contribution in [2.45, 2.75) is 72.8 Å². The van der Waals surface area contributed by atoms with Crippen LogP contribution in [0.5, 0.6) is 0 Å². The molecule has 2 heteroatoms. The summed E-state index contributed by atoms with van der Waals surface area (Å²) in [5.41, 5.74) is 0.181. The largest absolute Gasteiger partial charge is 0.338 e. The van der Waals surface area contributed by atoms with Crippen molar-refractivity contribution >= 4 is 5.91 Å². The van der Waals surface area contributed by atoms with E-state index in [1.54, 1.807) is 6.92 Å². The molecule has 0 atom stereocenters. The van der Waals surface area contributed by atoms with Crippen molar-refractivity contribution in [2.75, 3.05) is 6.54 Å². The maximum atomic E-state index is 11.5. The summed E-state index contributed by atoms with van der Waals surface area (Å²) in [6.45, 7) is 13.3. The Morgan fingerprint density at radius 3 is 2.06 bits per heavy atom. The molecule has 0 bridgehead atoms. The number of amides is 1. The van der Waals surface area contributed by atoms with Gasteiger partial charge >= 0.3 is 0 Å². The molecule has 0 N–H and O–H groups in total. The van der Waals surface area contributed by atoms with Crippen molar-refractivity contribution in [1.82, 2.24) is 4.90 Å². The molecule has 0 unspecified atom stereocenters. The molecule has 0 saturated heterocycles. The van der Waals surface area contributed by atoms with Crippen LogP contribution in [-0.2, 0) is 4.79 Å². The first-order chi connectivity index (χ1) is 7.46. The fraction of sp³-hybridized carbons (Fsp3) is 0.929. The summed E-state index contributed by atoms with van der Waals surface area (Å²) in [4.78, 5) is 13.6. The van der Waals surface area contributed by atoms with Crippen LogP contribution in [0.2, 0.25) is 0 Å². The van der Waals surface area contributed by atoms with Crippen LogP contribution in [-0.4, -0.2) is 22.9 Å². The molecule has 0 spiro atoms. The summed E-state index contributed by atoms with van der Waals surface area (Å²) >= 11 is 0. The molecule has 2 nitrogen and oxygen atoms in total. The molecule has 0 aliphatic heterocycles. The van der Waals surface area contributed by atoms with Crippen LogP contribution >= 0.6 is 0 Å². The summed E-state index contributed by atoms with van der Waals surface area (Å²) in [7, 11) is 0. The van der Waals surface area contributed by atoms with Gasteiger partial charge in [-0.15, -0.1) is 0 Å². The van der Waals surface area contributed by atoms with Crippen LogP contribution in [0.4, 0.5) is 0 Å². The summed E-state index contributed by atoms with van der Waals surface area (Å²) < 4.78 is 0. The third-order valence-electron chi connectivity index (χ3n) is 3.39. The molecule has 1 fully saturated rings. The number of nitrogens with zero attached hydrogens (tertiary/aromatic N) is 1. The van der Waals surface area contributed by atoms with Crippen LogP contribution in [0, 0.1) is 5.92 Å². The molecular formula is C14H29NO. The molecular weight excluding hydrogens is 198 g/mol. The van der Waals surface area contributed by atoms with Crippen molar-refractivity contribution in [3.8, 4) is 0 Å². The first kappa shape index (κ1) is 15.5. The molecule has 16 heavy (non-hydrogen) atoms. The van der Waals surface area contributed by atoms with Crippen molar-refractivity contribution in [3.05, 3.63) is 0 Å². The zero-order valence-electron chi connectivity index (χ0n) is 12.0. The van der Waals surface area contributed by atoms with E-state index in [-0.39, 0.29) is 11.4 Å². The van der Waals surface area contributed by atoms with Gasteiger partial charge in [-0.25, -0.2) is 0 Å². The van der Waals surface area contributed by atoms with E-state index < -0.39 is 0 Å². The molecule has 0 aromatic rings. The molecule has 0 heterocycles. The summed E-state index contributed by atoms with van der Waals surface area (Å²) in [5, 5.41) is 0. The zero-order chi connectivity index (χ0) is 12.8.